The van der Waals surface area contributed by atoms with E-state index in [1.54, 1.807) is 35.2 Å². The first-order chi connectivity index (χ1) is 13.7. The molecule has 2 aromatic rings. The van der Waals surface area contributed by atoms with Crippen LogP contribution in [0.25, 0.3) is 11.1 Å². The minimum Gasteiger partial charge on any atom is -0.493 e. The van der Waals surface area contributed by atoms with Crippen LogP contribution in [0, 0.1) is 11.7 Å². The molecular formula is C22H24F3NO3. The van der Waals surface area contributed by atoms with Crippen molar-refractivity contribution in [2.24, 2.45) is 5.92 Å². The van der Waals surface area contributed by atoms with Crippen LogP contribution >= 0.6 is 0 Å². The molecule has 1 heterocycles. The van der Waals surface area contributed by atoms with Crippen LogP contribution in [0.5, 0.6) is 5.75 Å². The van der Waals surface area contributed by atoms with E-state index in [4.69, 9.17) is 9.84 Å². The molecule has 1 aliphatic heterocycles. The Morgan fingerprint density at radius 1 is 1.14 bits per heavy atom. The number of carbonyl (C=O) groups is 1. The second-order valence-electron chi connectivity index (χ2n) is 7.62. The van der Waals surface area contributed by atoms with E-state index in [9.17, 15) is 18.0 Å². The van der Waals surface area contributed by atoms with Gasteiger partial charge in [0.2, 0.25) is 0 Å². The first kappa shape index (κ1) is 21.2. The van der Waals surface area contributed by atoms with Crippen LogP contribution in [0.4, 0.5) is 13.2 Å². The molecule has 0 radical (unpaired) electrons. The summed E-state index contributed by atoms with van der Waals surface area (Å²) in [7, 11) is 0. The topological polar surface area (TPSA) is 49.8 Å². The summed E-state index contributed by atoms with van der Waals surface area (Å²) in [6.07, 6.45) is 1.65. The number of hydrogen-bond acceptors (Lipinski definition) is 3. The van der Waals surface area contributed by atoms with Gasteiger partial charge in [-0.25, -0.2) is 18.0 Å². The average Bonchev–Trinajstić information content (AvgIpc) is 2.66. The molecule has 1 fully saturated rings. The van der Waals surface area contributed by atoms with Crippen LogP contribution in [-0.4, -0.2) is 48.1 Å². The maximum absolute atomic E-state index is 13.9. The maximum atomic E-state index is 13.9. The zero-order valence-electron chi connectivity index (χ0n) is 16.2. The highest BCUT2D eigenvalue weighted by molar-refractivity contribution is 5.88. The summed E-state index contributed by atoms with van der Waals surface area (Å²) in [5, 5.41) is 8.90. The van der Waals surface area contributed by atoms with Gasteiger partial charge >= 0.3 is 5.97 Å². The first-order valence-corrected chi connectivity index (χ1v) is 9.57. The summed E-state index contributed by atoms with van der Waals surface area (Å²) in [6.45, 7) is 2.57. The van der Waals surface area contributed by atoms with E-state index in [1.807, 2.05) is 0 Å². The number of halogens is 3. The zero-order valence-corrected chi connectivity index (χ0v) is 16.2. The second-order valence-corrected chi connectivity index (χ2v) is 7.62. The molecule has 3 rings (SSSR count). The van der Waals surface area contributed by atoms with Gasteiger partial charge in [0, 0.05) is 6.92 Å². The number of alkyl halides is 2. The Labute approximate surface area is 167 Å². The largest absolute Gasteiger partial charge is 0.493 e. The number of carboxylic acid groups (broad SMARTS) is 1. The Bertz CT molecular complexity index is 841. The highest BCUT2D eigenvalue weighted by Crippen LogP contribution is 2.26. The molecule has 1 N–H and O–H groups in total. The number of aromatic carboxylic acids is 1. The summed E-state index contributed by atoms with van der Waals surface area (Å²) in [4.78, 5) is 12.7. The summed E-state index contributed by atoms with van der Waals surface area (Å²) < 4.78 is 45.9. The Balaban J connectivity index is 1.51. The van der Waals surface area contributed by atoms with E-state index in [0.717, 1.165) is 25.3 Å². The summed E-state index contributed by atoms with van der Waals surface area (Å²) >= 11 is 0. The van der Waals surface area contributed by atoms with Gasteiger partial charge in [-0.2, -0.15) is 0 Å². The number of benzene rings is 2. The Kier molecular flexibility index (Phi) is 6.47. The molecule has 29 heavy (non-hydrogen) atoms. The van der Waals surface area contributed by atoms with Gasteiger partial charge in [0.25, 0.3) is 5.92 Å². The van der Waals surface area contributed by atoms with Crippen molar-refractivity contribution in [3.05, 3.63) is 53.8 Å². The van der Waals surface area contributed by atoms with Crippen LogP contribution in [0.3, 0.4) is 0 Å². The molecular weight excluding hydrogens is 383 g/mol. The molecule has 2 aromatic carbocycles. The fourth-order valence-corrected chi connectivity index (χ4v) is 3.53. The molecule has 0 aromatic heterocycles. The molecule has 1 aliphatic rings. The monoisotopic (exact) mass is 407 g/mol. The average molecular weight is 407 g/mol. The van der Waals surface area contributed by atoms with E-state index >= 15 is 0 Å². The standard InChI is InChI=1S/C22H24F3NO3/c1-22(24,25)14-26-10-8-15(9-11-26)13-29-18-5-2-16(3-6-18)17-4-7-19(21(27)28)20(23)12-17/h2-7,12,15H,8-11,13-14H2,1H3,(H,27,28). The lowest BCUT2D eigenvalue weighted by atomic mass is 9.97. The third kappa shape index (κ3) is 5.97. The van der Waals surface area contributed by atoms with Crippen molar-refractivity contribution >= 4 is 5.97 Å². The molecule has 0 aliphatic carbocycles. The van der Waals surface area contributed by atoms with Crippen LogP contribution in [0.2, 0.25) is 0 Å². The summed E-state index contributed by atoms with van der Waals surface area (Å²) in [5.74, 6) is -3.73. The number of carboxylic acids is 1. The maximum Gasteiger partial charge on any atom is 0.338 e. The second kappa shape index (κ2) is 8.86. The van der Waals surface area contributed by atoms with Crippen molar-refractivity contribution in [2.75, 3.05) is 26.2 Å². The third-order valence-electron chi connectivity index (χ3n) is 5.08. The van der Waals surface area contributed by atoms with Crippen LogP contribution in [0.15, 0.2) is 42.5 Å². The minimum atomic E-state index is -2.66. The molecule has 4 nitrogen and oxygen atoms in total. The third-order valence-corrected chi connectivity index (χ3v) is 5.08. The van der Waals surface area contributed by atoms with Gasteiger partial charge in [-0.1, -0.05) is 18.2 Å². The predicted octanol–water partition coefficient (Wildman–Crippen LogP) is 4.94. The Hall–Kier alpha value is -2.54. The lowest BCUT2D eigenvalue weighted by molar-refractivity contribution is -0.0238. The number of ether oxygens (including phenoxy) is 1. The molecule has 0 spiro atoms. The number of hydrogen-bond donors (Lipinski definition) is 1. The lowest BCUT2D eigenvalue weighted by Gasteiger charge is -2.33. The van der Waals surface area contributed by atoms with Gasteiger partial charge in [-0.15, -0.1) is 0 Å². The highest BCUT2D eigenvalue weighted by Gasteiger charge is 2.28. The molecule has 0 bridgehead atoms. The van der Waals surface area contributed by atoms with Gasteiger partial charge in [0.1, 0.15) is 11.6 Å². The Morgan fingerprint density at radius 2 is 1.76 bits per heavy atom. The SMILES string of the molecule is CC(F)(F)CN1CCC(COc2ccc(-c3ccc(C(=O)O)c(F)c3)cc2)CC1. The van der Waals surface area contributed by atoms with Crippen molar-refractivity contribution in [3.8, 4) is 16.9 Å². The zero-order chi connectivity index (χ0) is 21.0. The van der Waals surface area contributed by atoms with Crippen molar-refractivity contribution in [1.29, 1.82) is 0 Å². The van der Waals surface area contributed by atoms with Gasteiger partial charge < -0.3 is 9.84 Å². The molecule has 7 heteroatoms. The van der Waals surface area contributed by atoms with E-state index in [0.29, 0.717) is 36.9 Å². The molecule has 1 saturated heterocycles. The van der Waals surface area contributed by atoms with E-state index in [1.165, 1.54) is 12.1 Å². The molecule has 0 unspecified atom stereocenters. The lowest BCUT2D eigenvalue weighted by Crippen LogP contribution is -2.41. The van der Waals surface area contributed by atoms with Crippen molar-refractivity contribution in [1.82, 2.24) is 4.90 Å². The van der Waals surface area contributed by atoms with Gasteiger partial charge in [0.15, 0.2) is 0 Å². The summed E-state index contributed by atoms with van der Waals surface area (Å²) in [5.41, 5.74) is 0.976. The van der Waals surface area contributed by atoms with Crippen molar-refractivity contribution in [3.63, 3.8) is 0 Å². The number of nitrogens with zero attached hydrogens (tertiary/aromatic N) is 1. The number of rotatable bonds is 7. The molecule has 0 amide bonds. The van der Waals surface area contributed by atoms with Gasteiger partial charge in [0.05, 0.1) is 18.7 Å². The van der Waals surface area contributed by atoms with E-state index in [-0.39, 0.29) is 12.1 Å². The fraction of sp³-hybridized carbons (Fsp3) is 0.409. The Morgan fingerprint density at radius 3 is 2.31 bits per heavy atom. The van der Waals surface area contributed by atoms with Crippen LogP contribution in [0.1, 0.15) is 30.1 Å². The minimum absolute atomic E-state index is 0.198. The number of likely N-dealkylation sites (tertiary alicyclic amines) is 1. The van der Waals surface area contributed by atoms with Gasteiger partial charge in [-0.05, 0) is 67.2 Å². The van der Waals surface area contributed by atoms with Crippen LogP contribution < -0.4 is 4.74 Å². The van der Waals surface area contributed by atoms with E-state index in [2.05, 4.69) is 0 Å². The molecule has 0 saturated carbocycles. The van der Waals surface area contributed by atoms with Crippen molar-refractivity contribution in [2.45, 2.75) is 25.7 Å². The van der Waals surface area contributed by atoms with Gasteiger partial charge in [-0.3, -0.25) is 4.90 Å². The number of piperidine rings is 1. The van der Waals surface area contributed by atoms with E-state index < -0.39 is 17.7 Å². The smallest absolute Gasteiger partial charge is 0.338 e. The quantitative estimate of drug-likeness (QED) is 0.707. The normalized spacial score (nSPS) is 16.0. The van der Waals surface area contributed by atoms with Crippen LogP contribution in [-0.2, 0) is 0 Å². The predicted molar refractivity (Wildman–Crippen MR) is 104 cm³/mol. The molecule has 156 valence electrons. The van der Waals surface area contributed by atoms with Crippen molar-refractivity contribution < 1.29 is 27.8 Å². The summed E-state index contributed by atoms with van der Waals surface area (Å²) in [6, 6.07) is 11.2. The highest BCUT2D eigenvalue weighted by atomic mass is 19.3. The first-order valence-electron chi connectivity index (χ1n) is 9.57. The molecule has 0 atom stereocenters. The fourth-order valence-electron chi connectivity index (χ4n) is 3.53.